The zero-order valence-corrected chi connectivity index (χ0v) is 24.4. The molecule has 0 spiro atoms. The fraction of sp³-hybridized carbons (Fsp3) is 0.194. The van der Waals surface area contributed by atoms with E-state index in [1.165, 1.54) is 24.4 Å². The van der Waals surface area contributed by atoms with Crippen LogP contribution in [-0.4, -0.2) is 29.1 Å². The van der Waals surface area contributed by atoms with Gasteiger partial charge in [0.15, 0.2) is 11.6 Å². The molecule has 0 radical (unpaired) electrons. The number of benzene rings is 3. The van der Waals surface area contributed by atoms with Crippen molar-refractivity contribution in [3.05, 3.63) is 102 Å². The molecule has 5 aromatic rings. The molecule has 1 amide bonds. The molecule has 2 N–H and O–H groups in total. The number of anilines is 2. The van der Waals surface area contributed by atoms with Gasteiger partial charge < -0.3 is 10.1 Å². The standard InChI is InChI=1S/C31H30FN5O4S/c1-20-14-21(16-29(38)35-23-18-34-37(19-23)31(2,3)4)15-26(32)30(20)41-28-12-13-33-27-11-10-22(17-25(27)28)36-42(39,40)24-8-6-5-7-9-24/h5-15,17-19,36H,16H2,1-4H3,(H,35,38). The van der Waals surface area contributed by atoms with E-state index in [-0.39, 0.29) is 28.5 Å². The highest BCUT2D eigenvalue weighted by molar-refractivity contribution is 7.92. The number of nitrogens with zero attached hydrogens (tertiary/aromatic N) is 3. The van der Waals surface area contributed by atoms with Crippen LogP contribution in [0.2, 0.25) is 0 Å². The van der Waals surface area contributed by atoms with Crippen molar-refractivity contribution in [3.8, 4) is 11.5 Å². The van der Waals surface area contributed by atoms with Gasteiger partial charge in [0.2, 0.25) is 5.91 Å². The summed E-state index contributed by atoms with van der Waals surface area (Å²) in [5.41, 5.74) is 2.14. The summed E-state index contributed by atoms with van der Waals surface area (Å²) in [6.07, 6.45) is 4.81. The van der Waals surface area contributed by atoms with E-state index in [4.69, 9.17) is 4.74 Å². The molecule has 0 saturated carbocycles. The fourth-order valence-electron chi connectivity index (χ4n) is 4.38. The highest BCUT2D eigenvalue weighted by Gasteiger charge is 2.18. The summed E-state index contributed by atoms with van der Waals surface area (Å²) in [5, 5.41) is 7.56. The Morgan fingerprint density at radius 1 is 1.02 bits per heavy atom. The molecule has 0 aliphatic heterocycles. The number of aryl methyl sites for hydroxylation is 1. The summed E-state index contributed by atoms with van der Waals surface area (Å²) in [5.74, 6) is -0.650. The summed E-state index contributed by atoms with van der Waals surface area (Å²) in [4.78, 5) is 17.1. The second kappa shape index (κ2) is 11.2. The second-order valence-corrected chi connectivity index (χ2v) is 12.5. The first kappa shape index (κ1) is 28.7. The Morgan fingerprint density at radius 2 is 1.79 bits per heavy atom. The maximum atomic E-state index is 15.3. The zero-order chi connectivity index (χ0) is 30.1. The molecule has 0 saturated heterocycles. The number of carbonyl (C=O) groups excluding carboxylic acids is 1. The van der Waals surface area contributed by atoms with Crippen molar-refractivity contribution in [1.29, 1.82) is 0 Å². The van der Waals surface area contributed by atoms with Gasteiger partial charge in [0.05, 0.1) is 34.3 Å². The van der Waals surface area contributed by atoms with Gasteiger partial charge in [-0.1, -0.05) is 24.3 Å². The molecule has 0 fully saturated rings. The minimum Gasteiger partial charge on any atom is -0.453 e. The van der Waals surface area contributed by atoms with Crippen LogP contribution in [0, 0.1) is 12.7 Å². The van der Waals surface area contributed by atoms with Crippen molar-refractivity contribution in [2.45, 2.75) is 44.6 Å². The number of carbonyl (C=O) groups is 1. The Balaban J connectivity index is 1.35. The van der Waals surface area contributed by atoms with Crippen molar-refractivity contribution in [1.82, 2.24) is 14.8 Å². The Hall–Kier alpha value is -4.77. The van der Waals surface area contributed by atoms with Crippen LogP contribution in [0.3, 0.4) is 0 Å². The van der Waals surface area contributed by atoms with E-state index in [1.807, 2.05) is 20.8 Å². The SMILES string of the molecule is Cc1cc(CC(=O)Nc2cnn(C(C)(C)C)c2)cc(F)c1Oc1ccnc2ccc(NS(=O)(=O)c3ccccc3)cc12. The number of pyridine rings is 1. The molecule has 11 heteroatoms. The van der Waals surface area contributed by atoms with E-state index in [0.29, 0.717) is 39.2 Å². The number of fused-ring (bicyclic) bond motifs is 1. The van der Waals surface area contributed by atoms with Crippen LogP contribution in [0.1, 0.15) is 31.9 Å². The number of aromatic nitrogens is 3. The number of ether oxygens (including phenoxy) is 1. The van der Waals surface area contributed by atoms with Gasteiger partial charge in [-0.3, -0.25) is 19.2 Å². The van der Waals surface area contributed by atoms with Gasteiger partial charge in [0, 0.05) is 23.5 Å². The van der Waals surface area contributed by atoms with Crippen molar-refractivity contribution < 1.29 is 22.3 Å². The number of rotatable bonds is 8. The number of halogens is 1. The number of hydrogen-bond donors (Lipinski definition) is 2. The van der Waals surface area contributed by atoms with Gasteiger partial charge in [-0.15, -0.1) is 0 Å². The third kappa shape index (κ3) is 6.41. The van der Waals surface area contributed by atoms with Crippen molar-refractivity contribution >= 4 is 38.2 Å². The van der Waals surface area contributed by atoms with E-state index in [2.05, 4.69) is 20.1 Å². The van der Waals surface area contributed by atoms with E-state index < -0.39 is 15.8 Å². The van der Waals surface area contributed by atoms with Gasteiger partial charge in [0.1, 0.15) is 5.75 Å². The van der Waals surface area contributed by atoms with Gasteiger partial charge in [-0.2, -0.15) is 5.10 Å². The average molecular weight is 588 g/mol. The summed E-state index contributed by atoms with van der Waals surface area (Å²) in [6.45, 7) is 7.70. The van der Waals surface area contributed by atoms with Crippen LogP contribution in [0.15, 0.2) is 90.2 Å². The van der Waals surface area contributed by atoms with Crippen LogP contribution in [-0.2, 0) is 26.8 Å². The summed E-state index contributed by atoms with van der Waals surface area (Å²) < 4.78 is 51.3. The predicted octanol–water partition coefficient (Wildman–Crippen LogP) is 6.41. The lowest BCUT2D eigenvalue weighted by Gasteiger charge is -2.18. The molecule has 9 nitrogen and oxygen atoms in total. The first-order valence-electron chi connectivity index (χ1n) is 13.2. The van der Waals surface area contributed by atoms with Crippen LogP contribution < -0.4 is 14.8 Å². The van der Waals surface area contributed by atoms with E-state index in [0.717, 1.165) is 0 Å². The first-order chi connectivity index (χ1) is 19.9. The van der Waals surface area contributed by atoms with Crippen LogP contribution in [0.25, 0.3) is 10.9 Å². The average Bonchev–Trinajstić information content (AvgIpc) is 3.40. The van der Waals surface area contributed by atoms with Crippen LogP contribution in [0.5, 0.6) is 11.5 Å². The molecule has 2 aromatic heterocycles. The predicted molar refractivity (Wildman–Crippen MR) is 160 cm³/mol. The topological polar surface area (TPSA) is 115 Å². The van der Waals surface area contributed by atoms with Gasteiger partial charge in [-0.05, 0) is 81.3 Å². The summed E-state index contributed by atoms with van der Waals surface area (Å²) >= 11 is 0. The molecule has 0 aliphatic carbocycles. The first-order valence-corrected chi connectivity index (χ1v) is 14.7. The maximum Gasteiger partial charge on any atom is 0.261 e. The van der Waals surface area contributed by atoms with E-state index in [1.54, 1.807) is 72.5 Å². The lowest BCUT2D eigenvalue weighted by Crippen LogP contribution is -2.22. The lowest BCUT2D eigenvalue weighted by molar-refractivity contribution is -0.115. The second-order valence-electron chi connectivity index (χ2n) is 10.9. The monoisotopic (exact) mass is 587 g/mol. The molecule has 0 bridgehead atoms. The number of nitrogens with one attached hydrogen (secondary N) is 2. The number of hydrogen-bond acceptors (Lipinski definition) is 6. The third-order valence-electron chi connectivity index (χ3n) is 6.43. The molecule has 0 atom stereocenters. The largest absolute Gasteiger partial charge is 0.453 e. The summed E-state index contributed by atoms with van der Waals surface area (Å²) in [7, 11) is -3.82. The van der Waals surface area contributed by atoms with E-state index in [9.17, 15) is 13.2 Å². The van der Waals surface area contributed by atoms with Gasteiger partial charge in [-0.25, -0.2) is 12.8 Å². The maximum absolute atomic E-state index is 15.3. The Kier molecular flexibility index (Phi) is 7.70. The normalized spacial score (nSPS) is 11.8. The van der Waals surface area contributed by atoms with Gasteiger partial charge >= 0.3 is 0 Å². The minimum atomic E-state index is -3.82. The summed E-state index contributed by atoms with van der Waals surface area (Å²) in [6, 6.07) is 17.4. The van der Waals surface area contributed by atoms with Crippen molar-refractivity contribution in [3.63, 3.8) is 0 Å². The molecule has 3 aromatic carbocycles. The lowest BCUT2D eigenvalue weighted by atomic mass is 10.1. The van der Waals surface area contributed by atoms with E-state index >= 15 is 4.39 Å². The smallest absolute Gasteiger partial charge is 0.261 e. The highest BCUT2D eigenvalue weighted by Crippen LogP contribution is 2.35. The highest BCUT2D eigenvalue weighted by atomic mass is 32.2. The molecule has 0 aliphatic rings. The van der Waals surface area contributed by atoms with Gasteiger partial charge in [0.25, 0.3) is 10.0 Å². The van der Waals surface area contributed by atoms with Crippen molar-refractivity contribution in [2.24, 2.45) is 0 Å². The minimum absolute atomic E-state index is 0.00613. The molecule has 216 valence electrons. The third-order valence-corrected chi connectivity index (χ3v) is 7.82. The zero-order valence-electron chi connectivity index (χ0n) is 23.6. The quantitative estimate of drug-likeness (QED) is 0.217. The Bertz CT molecular complexity index is 1860. The van der Waals surface area contributed by atoms with Crippen molar-refractivity contribution in [2.75, 3.05) is 10.0 Å². The van der Waals surface area contributed by atoms with Crippen LogP contribution >= 0.6 is 0 Å². The molecule has 2 heterocycles. The Morgan fingerprint density at radius 3 is 2.48 bits per heavy atom. The molecule has 5 rings (SSSR count). The van der Waals surface area contributed by atoms with Crippen LogP contribution in [0.4, 0.5) is 15.8 Å². The number of sulfonamides is 1. The molecular formula is C31H30FN5O4S. The number of amides is 1. The fourth-order valence-corrected chi connectivity index (χ4v) is 5.45. The Labute approximate surface area is 243 Å². The molecule has 0 unspecified atom stereocenters. The molecular weight excluding hydrogens is 557 g/mol. The molecule has 42 heavy (non-hydrogen) atoms.